The molecule has 0 radical (unpaired) electrons. The second kappa shape index (κ2) is 7.61. The van der Waals surface area contributed by atoms with Gasteiger partial charge in [-0.25, -0.2) is 4.79 Å². The fraction of sp³-hybridized carbons (Fsp3) is 0.105. The van der Waals surface area contributed by atoms with E-state index in [9.17, 15) is 14.4 Å². The van der Waals surface area contributed by atoms with E-state index < -0.39 is 11.9 Å². The Balaban J connectivity index is 1.84. The molecule has 3 aromatic rings. The molecule has 1 amide bonds. The Hall–Kier alpha value is -3.81. The van der Waals surface area contributed by atoms with Crippen molar-refractivity contribution in [2.45, 2.75) is 0 Å². The number of amides is 1. The minimum absolute atomic E-state index is 0.0147. The molecule has 0 saturated heterocycles. The topological polar surface area (TPSA) is 118 Å². The van der Waals surface area contributed by atoms with Crippen LogP contribution in [0.2, 0.25) is 0 Å². The molecule has 1 aromatic heterocycles. The molecule has 138 valence electrons. The molecule has 8 nitrogen and oxygen atoms in total. The summed E-state index contributed by atoms with van der Waals surface area (Å²) in [6, 6.07) is 10.6. The van der Waals surface area contributed by atoms with Crippen molar-refractivity contribution < 1.29 is 28.2 Å². The number of hydrogen-bond donors (Lipinski definition) is 1. The van der Waals surface area contributed by atoms with E-state index in [-0.39, 0.29) is 28.8 Å². The number of primary amides is 1. The van der Waals surface area contributed by atoms with E-state index in [0.29, 0.717) is 17.1 Å². The van der Waals surface area contributed by atoms with Gasteiger partial charge in [0.25, 0.3) is 5.91 Å². The third-order valence-electron chi connectivity index (χ3n) is 3.60. The fourth-order valence-corrected chi connectivity index (χ4v) is 2.31. The average Bonchev–Trinajstić information content (AvgIpc) is 2.68. The second-order valence-corrected chi connectivity index (χ2v) is 5.46. The van der Waals surface area contributed by atoms with E-state index in [1.54, 1.807) is 0 Å². The van der Waals surface area contributed by atoms with Crippen LogP contribution in [0.15, 0.2) is 57.9 Å². The van der Waals surface area contributed by atoms with Gasteiger partial charge in [0.05, 0.1) is 18.1 Å². The maximum atomic E-state index is 12.6. The number of hydrogen-bond acceptors (Lipinski definition) is 7. The number of rotatable bonds is 6. The Bertz CT molecular complexity index is 1050. The van der Waals surface area contributed by atoms with E-state index in [4.69, 9.17) is 19.6 Å². The van der Waals surface area contributed by atoms with Crippen molar-refractivity contribution in [3.8, 4) is 17.2 Å². The van der Waals surface area contributed by atoms with E-state index in [0.717, 1.165) is 0 Å². The standard InChI is InChI=1S/C19H15NO7/c1-24-19(23)11-2-4-12(5-3-11)27-16-9-26-15-8-13(25-10-17(20)21)6-7-14(15)18(16)22/h2-9H,10H2,1H3,(H2,20,21). The van der Waals surface area contributed by atoms with Gasteiger partial charge in [0.15, 0.2) is 6.61 Å². The van der Waals surface area contributed by atoms with Crippen LogP contribution in [-0.2, 0) is 9.53 Å². The van der Waals surface area contributed by atoms with Crippen LogP contribution < -0.4 is 20.6 Å². The molecular formula is C19H15NO7. The van der Waals surface area contributed by atoms with Crippen molar-refractivity contribution in [2.75, 3.05) is 13.7 Å². The molecule has 0 aliphatic heterocycles. The molecule has 1 heterocycles. The Labute approximate surface area is 153 Å². The monoisotopic (exact) mass is 369 g/mol. The van der Waals surface area contributed by atoms with Crippen molar-refractivity contribution in [2.24, 2.45) is 5.73 Å². The van der Waals surface area contributed by atoms with Gasteiger partial charge in [-0.3, -0.25) is 9.59 Å². The molecular weight excluding hydrogens is 354 g/mol. The van der Waals surface area contributed by atoms with Crippen LogP contribution in [0, 0.1) is 0 Å². The van der Waals surface area contributed by atoms with Gasteiger partial charge in [-0.05, 0) is 36.4 Å². The molecule has 0 aliphatic carbocycles. The van der Waals surface area contributed by atoms with Crippen LogP contribution in [0.25, 0.3) is 11.0 Å². The molecule has 0 atom stereocenters. The number of nitrogens with two attached hydrogens (primary N) is 1. The number of methoxy groups -OCH3 is 1. The molecule has 3 rings (SSSR count). The van der Waals surface area contributed by atoms with Gasteiger partial charge in [-0.2, -0.15) is 0 Å². The summed E-state index contributed by atoms with van der Waals surface area (Å²) in [7, 11) is 1.29. The molecule has 0 fully saturated rings. The van der Waals surface area contributed by atoms with Crippen LogP contribution in [0.5, 0.6) is 17.2 Å². The van der Waals surface area contributed by atoms with Gasteiger partial charge in [0, 0.05) is 6.07 Å². The maximum Gasteiger partial charge on any atom is 0.337 e. The zero-order valence-corrected chi connectivity index (χ0v) is 14.3. The number of carbonyl (C=O) groups excluding carboxylic acids is 2. The lowest BCUT2D eigenvalue weighted by molar-refractivity contribution is -0.119. The lowest BCUT2D eigenvalue weighted by atomic mass is 10.2. The third kappa shape index (κ3) is 4.06. The highest BCUT2D eigenvalue weighted by Gasteiger charge is 2.11. The van der Waals surface area contributed by atoms with Gasteiger partial charge < -0.3 is 24.4 Å². The molecule has 8 heteroatoms. The summed E-state index contributed by atoms with van der Waals surface area (Å²) in [4.78, 5) is 34.8. The highest BCUT2D eigenvalue weighted by Crippen LogP contribution is 2.24. The van der Waals surface area contributed by atoms with E-state index in [1.165, 1.54) is 55.8 Å². The van der Waals surface area contributed by atoms with Crippen LogP contribution in [0.4, 0.5) is 0 Å². The zero-order valence-electron chi connectivity index (χ0n) is 14.3. The Morgan fingerprint density at radius 1 is 1.07 bits per heavy atom. The maximum absolute atomic E-state index is 12.6. The van der Waals surface area contributed by atoms with E-state index in [2.05, 4.69) is 4.74 Å². The molecule has 2 N–H and O–H groups in total. The molecule has 0 spiro atoms. The van der Waals surface area contributed by atoms with Crippen molar-refractivity contribution in [1.29, 1.82) is 0 Å². The molecule has 0 bridgehead atoms. The number of benzene rings is 2. The largest absolute Gasteiger partial charge is 0.484 e. The van der Waals surface area contributed by atoms with Crippen LogP contribution in [0.1, 0.15) is 10.4 Å². The summed E-state index contributed by atoms with van der Waals surface area (Å²) in [5, 5.41) is 0.283. The third-order valence-corrected chi connectivity index (χ3v) is 3.60. The summed E-state index contributed by atoms with van der Waals surface area (Å²) in [5.41, 5.74) is 5.28. The van der Waals surface area contributed by atoms with Crippen LogP contribution in [0.3, 0.4) is 0 Å². The normalized spacial score (nSPS) is 10.4. The quantitative estimate of drug-likeness (QED) is 0.662. The summed E-state index contributed by atoms with van der Waals surface area (Å²) < 4.78 is 20.8. The van der Waals surface area contributed by atoms with Crippen molar-refractivity contribution in [3.63, 3.8) is 0 Å². The molecule has 0 aliphatic rings. The SMILES string of the molecule is COC(=O)c1ccc(Oc2coc3cc(OCC(N)=O)ccc3c2=O)cc1. The van der Waals surface area contributed by atoms with Gasteiger partial charge in [0.2, 0.25) is 11.2 Å². The molecule has 2 aromatic carbocycles. The molecule has 27 heavy (non-hydrogen) atoms. The van der Waals surface area contributed by atoms with Gasteiger partial charge >= 0.3 is 5.97 Å². The first-order valence-corrected chi connectivity index (χ1v) is 7.81. The minimum atomic E-state index is -0.612. The van der Waals surface area contributed by atoms with Crippen molar-refractivity contribution in [3.05, 3.63) is 64.5 Å². The Kier molecular flexibility index (Phi) is 5.07. The average molecular weight is 369 g/mol. The predicted molar refractivity (Wildman–Crippen MR) is 95.0 cm³/mol. The predicted octanol–water partition coefficient (Wildman–Crippen LogP) is 2.24. The summed E-state index contributed by atoms with van der Waals surface area (Å²) in [6.45, 7) is -0.279. The smallest absolute Gasteiger partial charge is 0.337 e. The highest BCUT2D eigenvalue weighted by atomic mass is 16.5. The van der Waals surface area contributed by atoms with E-state index >= 15 is 0 Å². The molecule has 0 saturated carbocycles. The van der Waals surface area contributed by atoms with Crippen LogP contribution in [-0.4, -0.2) is 25.6 Å². The van der Waals surface area contributed by atoms with Gasteiger partial charge in [-0.1, -0.05) is 0 Å². The number of esters is 1. The van der Waals surface area contributed by atoms with Crippen LogP contribution >= 0.6 is 0 Å². The van der Waals surface area contributed by atoms with Crippen molar-refractivity contribution in [1.82, 2.24) is 0 Å². The van der Waals surface area contributed by atoms with Crippen molar-refractivity contribution >= 4 is 22.8 Å². The first kappa shape index (κ1) is 18.0. The lowest BCUT2D eigenvalue weighted by Gasteiger charge is -2.07. The lowest BCUT2D eigenvalue weighted by Crippen LogP contribution is -2.20. The van der Waals surface area contributed by atoms with E-state index in [1.807, 2.05) is 0 Å². The number of fused-ring (bicyclic) bond motifs is 1. The summed E-state index contributed by atoms with van der Waals surface area (Å²) in [6.07, 6.45) is 1.18. The fourth-order valence-electron chi connectivity index (χ4n) is 2.31. The second-order valence-electron chi connectivity index (χ2n) is 5.46. The number of ether oxygens (including phenoxy) is 3. The van der Waals surface area contributed by atoms with Gasteiger partial charge in [0.1, 0.15) is 23.3 Å². The Morgan fingerprint density at radius 2 is 1.78 bits per heavy atom. The summed E-state index contributed by atoms with van der Waals surface area (Å²) in [5.74, 6) is -0.397. The van der Waals surface area contributed by atoms with Gasteiger partial charge in [-0.15, -0.1) is 0 Å². The summed E-state index contributed by atoms with van der Waals surface area (Å²) >= 11 is 0. The first-order chi connectivity index (χ1) is 13.0. The Morgan fingerprint density at radius 3 is 2.44 bits per heavy atom. The minimum Gasteiger partial charge on any atom is -0.484 e. The molecule has 0 unspecified atom stereocenters. The highest BCUT2D eigenvalue weighted by molar-refractivity contribution is 5.89. The number of carbonyl (C=O) groups is 2. The first-order valence-electron chi connectivity index (χ1n) is 7.81. The zero-order chi connectivity index (χ0) is 19.4.